The van der Waals surface area contributed by atoms with Crippen LogP contribution in [0.5, 0.6) is 28.7 Å². The first-order valence-electron chi connectivity index (χ1n) is 28.2. The minimum Gasteiger partial charge on any atom is -0.410 e. The molecule has 2 heterocycles. The number of nitrogens with two attached hydrogens (primary N) is 1. The normalized spacial score (nSPS) is 14.2. The van der Waals surface area contributed by atoms with Crippen LogP contribution in [-0.2, 0) is 33.1 Å². The van der Waals surface area contributed by atoms with Gasteiger partial charge in [0, 0.05) is 74.6 Å². The fourth-order valence-electron chi connectivity index (χ4n) is 10.2. The topological polar surface area (TPSA) is 204 Å². The Morgan fingerprint density at radius 1 is 0.467 bits per heavy atom. The maximum atomic E-state index is 13.1. The quantitative estimate of drug-likeness (QED) is 0.0339. The summed E-state index contributed by atoms with van der Waals surface area (Å²) in [4.78, 5) is 36.1. The number of non-ortho nitro benzene ring substituents is 1. The lowest BCUT2D eigenvalue weighted by molar-refractivity contribution is -0.384. The first kappa shape index (κ1) is 70.2. The summed E-state index contributed by atoms with van der Waals surface area (Å²) in [6, 6.07) is 41.9. The van der Waals surface area contributed by atoms with Gasteiger partial charge in [-0.05, 0) is 133 Å². The fourth-order valence-corrected chi connectivity index (χ4v) is 10.2. The van der Waals surface area contributed by atoms with Crippen LogP contribution in [0.4, 0.5) is 68.0 Å². The molecule has 2 aliphatic rings. The minimum absolute atomic E-state index is 0.0173. The molecule has 7 aromatic carbocycles. The number of rotatable bonds is 19. The molecule has 2 fully saturated rings. The zero-order valence-electron chi connectivity index (χ0n) is 48.5. The Bertz CT molecular complexity index is 3360. The predicted octanol–water partition coefficient (Wildman–Crippen LogP) is 14.3. The summed E-state index contributed by atoms with van der Waals surface area (Å²) in [6.45, 7) is 2.13. The summed E-state index contributed by atoms with van der Waals surface area (Å²) in [5.41, 5.74) is 4.67. The second-order valence-corrected chi connectivity index (χ2v) is 20.9. The van der Waals surface area contributed by atoms with E-state index in [0.29, 0.717) is 37.7 Å². The zero-order chi connectivity index (χ0) is 66.6. The molecular formula is C64H61F12N5O11. The molecule has 0 spiro atoms. The van der Waals surface area contributed by atoms with E-state index in [1.54, 1.807) is 72.8 Å². The Labute approximate surface area is 519 Å². The van der Waals surface area contributed by atoms with Gasteiger partial charge in [0.1, 0.15) is 28.7 Å². The van der Waals surface area contributed by atoms with E-state index in [2.05, 4.69) is 34.9 Å². The van der Waals surface area contributed by atoms with Crippen LogP contribution in [0.3, 0.4) is 0 Å². The summed E-state index contributed by atoms with van der Waals surface area (Å²) >= 11 is 0. The number of hydrogen-bond acceptors (Lipinski definition) is 12. The van der Waals surface area contributed by atoms with Crippen molar-refractivity contribution in [3.05, 3.63) is 225 Å². The van der Waals surface area contributed by atoms with Crippen LogP contribution in [-0.4, -0.2) is 94.1 Å². The summed E-state index contributed by atoms with van der Waals surface area (Å²) < 4.78 is 190. The van der Waals surface area contributed by atoms with Crippen molar-refractivity contribution in [1.29, 1.82) is 0 Å². The third-order valence-corrected chi connectivity index (χ3v) is 14.3. The smallest absolute Gasteiger partial charge is 0.410 e. The first-order chi connectivity index (χ1) is 43.5. The maximum absolute atomic E-state index is 13.1. The molecule has 0 bridgehead atoms. The number of urea groups is 1. The molecule has 2 saturated heterocycles. The van der Waals surface area contributed by atoms with Gasteiger partial charge in [0.25, 0.3) is 5.69 Å². The van der Waals surface area contributed by atoms with E-state index in [0.717, 1.165) is 80.1 Å². The van der Waals surface area contributed by atoms with Crippen molar-refractivity contribution in [3.63, 3.8) is 0 Å². The highest BCUT2D eigenvalue weighted by molar-refractivity contribution is 5.74. The molecule has 0 aliphatic carbocycles. The van der Waals surface area contributed by atoms with E-state index in [-0.39, 0.29) is 59.1 Å². The molecule has 7 aromatic rings. The predicted molar refractivity (Wildman–Crippen MR) is 310 cm³/mol. The Hall–Kier alpha value is -9.28. The van der Waals surface area contributed by atoms with Crippen LogP contribution in [0.1, 0.15) is 59.1 Å². The lowest BCUT2D eigenvalue weighted by atomic mass is 9.70. The summed E-state index contributed by atoms with van der Waals surface area (Å²) in [5, 5.41) is 19.1. The lowest BCUT2D eigenvalue weighted by Crippen LogP contribution is -2.49. The minimum atomic E-state index is -5.03. The van der Waals surface area contributed by atoms with Crippen molar-refractivity contribution in [2.75, 3.05) is 39.5 Å². The molecular weight excluding hydrogens is 1240 g/mol. The van der Waals surface area contributed by atoms with Gasteiger partial charge in [-0.3, -0.25) is 10.1 Å². The van der Waals surface area contributed by atoms with Crippen molar-refractivity contribution < 1.29 is 100 Å². The maximum Gasteiger partial charge on any atom is 0.573 e. The molecule has 9 rings (SSSR count). The number of nitro benzene ring substituents is 1. The number of amides is 3. The number of nitro groups is 1. The van der Waals surface area contributed by atoms with Crippen LogP contribution in [0.15, 0.2) is 182 Å². The molecule has 0 atom stereocenters. The van der Waals surface area contributed by atoms with Gasteiger partial charge in [-0.15, -0.1) is 52.7 Å². The van der Waals surface area contributed by atoms with E-state index >= 15 is 0 Å². The number of nitrogens with zero attached hydrogens (tertiary/aromatic N) is 1. The van der Waals surface area contributed by atoms with Gasteiger partial charge in [-0.2, -0.15) is 0 Å². The highest BCUT2D eigenvalue weighted by Gasteiger charge is 2.41. The van der Waals surface area contributed by atoms with Crippen LogP contribution < -0.4 is 45.4 Å². The molecule has 0 radical (unpaired) electrons. The molecule has 5 N–H and O–H groups in total. The van der Waals surface area contributed by atoms with Gasteiger partial charge in [0.2, 0.25) is 0 Å². The number of benzene rings is 7. The van der Waals surface area contributed by atoms with E-state index in [9.17, 15) is 72.4 Å². The number of alkyl halides is 12. The SMILES string of the molecule is NC1CCOCC1.O=C(NCC(Cc1ccccc1)(c1cccc(OC(F)(F)F)c1)c1cccc(OC(F)(F)F)c1)NC1CCOCC1.O=C(NCC(Cc1ccccc1)(c1cccc(OC(F)(F)F)c1)c1cccc(OC(F)(F)F)c1)Oc1ccc([N+](=O)[O-])cc1. The molecule has 92 heavy (non-hydrogen) atoms. The summed E-state index contributed by atoms with van der Waals surface area (Å²) in [6.07, 6.45) is -17.7. The Morgan fingerprint density at radius 3 is 1.14 bits per heavy atom. The number of ether oxygens (including phenoxy) is 7. The van der Waals surface area contributed by atoms with E-state index in [1.807, 2.05) is 0 Å². The van der Waals surface area contributed by atoms with E-state index < -0.39 is 82.9 Å². The number of halogens is 12. The molecule has 0 unspecified atom stereocenters. The Balaban J connectivity index is 0.000000236. The van der Waals surface area contributed by atoms with Crippen LogP contribution in [0.25, 0.3) is 0 Å². The largest absolute Gasteiger partial charge is 0.573 e. The van der Waals surface area contributed by atoms with Crippen molar-refractivity contribution in [2.24, 2.45) is 5.73 Å². The number of nitrogens with one attached hydrogen (secondary N) is 3. The lowest BCUT2D eigenvalue weighted by Gasteiger charge is -2.36. The van der Waals surface area contributed by atoms with Gasteiger partial charge >= 0.3 is 37.6 Å². The molecule has 0 aromatic heterocycles. The average molecular weight is 1300 g/mol. The van der Waals surface area contributed by atoms with Crippen molar-refractivity contribution in [1.82, 2.24) is 16.0 Å². The number of hydrogen-bond donors (Lipinski definition) is 4. The average Bonchev–Trinajstić information content (AvgIpc) is 0.786. The van der Waals surface area contributed by atoms with Gasteiger partial charge < -0.3 is 54.8 Å². The molecule has 16 nitrogen and oxygen atoms in total. The highest BCUT2D eigenvalue weighted by atomic mass is 19.4. The molecule has 0 saturated carbocycles. The fraction of sp³-hybridized carbons (Fsp3) is 0.312. The third kappa shape index (κ3) is 22.6. The van der Waals surface area contributed by atoms with Gasteiger partial charge in [0.15, 0.2) is 0 Å². The van der Waals surface area contributed by atoms with E-state index in [1.165, 1.54) is 60.7 Å². The summed E-state index contributed by atoms with van der Waals surface area (Å²) in [5.74, 6) is -2.27. The highest BCUT2D eigenvalue weighted by Crippen LogP contribution is 2.42. The molecule has 492 valence electrons. The number of carbonyl (C=O) groups is 2. The monoisotopic (exact) mass is 1300 g/mol. The molecule has 3 amide bonds. The number of carbonyl (C=O) groups excluding carboxylic acids is 2. The van der Waals surface area contributed by atoms with Crippen LogP contribution in [0, 0.1) is 10.1 Å². The van der Waals surface area contributed by atoms with Crippen LogP contribution >= 0.6 is 0 Å². The Kier molecular flexibility index (Phi) is 24.1. The second-order valence-electron chi connectivity index (χ2n) is 20.9. The third-order valence-electron chi connectivity index (χ3n) is 14.3. The Morgan fingerprint density at radius 2 is 0.815 bits per heavy atom. The van der Waals surface area contributed by atoms with Crippen molar-refractivity contribution >= 4 is 17.8 Å². The molecule has 2 aliphatic heterocycles. The standard InChI is InChI=1S/C30H22F6N2O6.C29H28F6N2O4.C5H11NO/c31-29(32,33)43-25-10-4-8-21(16-25)28(18-20-6-2-1-3-7-20,22-9-5-11-26(17-22)44-30(34,35)36)19-37-27(39)42-24-14-12-23(13-15-24)38(40)41;30-28(31,32)40-24-10-4-8-21(16-24)27(18-20-6-2-1-3-7-20,19-36-26(38)37-23-12-14-39-15-13-23)22-9-5-11-25(17-22)41-29(33,34)35;6-5-1-3-7-4-2-5/h1-17H,18-19H2,(H,37,39);1-11,16-17,23H,12-15,18-19H2,(H2,36,37,38);5H,1-4,6H2. The van der Waals surface area contributed by atoms with Gasteiger partial charge in [-0.25, -0.2) is 9.59 Å². The van der Waals surface area contributed by atoms with Gasteiger partial charge in [-0.1, -0.05) is 109 Å². The first-order valence-corrected chi connectivity index (χ1v) is 28.2. The second kappa shape index (κ2) is 31.6. The zero-order valence-corrected chi connectivity index (χ0v) is 48.5. The van der Waals surface area contributed by atoms with Crippen LogP contribution in [0.2, 0.25) is 0 Å². The van der Waals surface area contributed by atoms with Gasteiger partial charge in [0.05, 0.1) is 4.92 Å². The molecule has 28 heteroatoms. The van der Waals surface area contributed by atoms with Crippen molar-refractivity contribution in [2.45, 2.75) is 86.9 Å². The summed E-state index contributed by atoms with van der Waals surface area (Å²) in [7, 11) is 0. The van der Waals surface area contributed by atoms with E-state index in [4.69, 9.17) is 19.9 Å². The van der Waals surface area contributed by atoms with Crippen molar-refractivity contribution in [3.8, 4) is 28.7 Å².